The van der Waals surface area contributed by atoms with Crippen molar-refractivity contribution in [1.29, 1.82) is 0 Å². The van der Waals surface area contributed by atoms with Gasteiger partial charge < -0.3 is 21.1 Å². The minimum absolute atomic E-state index is 0.114. The average Bonchev–Trinajstić information content (AvgIpc) is 2.11. The van der Waals surface area contributed by atoms with Crippen molar-refractivity contribution in [1.82, 2.24) is 0 Å². The Morgan fingerprint density at radius 3 is 2.50 bits per heavy atom. The van der Waals surface area contributed by atoms with E-state index in [0.29, 0.717) is 5.56 Å². The number of phenolic OH excluding ortho intramolecular Hbond substituents is 2. The van der Waals surface area contributed by atoms with Crippen LogP contribution in [0.1, 0.15) is 5.56 Å². The molecule has 5 N–H and O–H groups in total. The SMILES string of the molecule is N[13C@@H](Cc1ccc(O)c(O)c1)[13C](=O)O. The molecule has 0 unspecified atom stereocenters. The first kappa shape index (κ1) is 10.3. The fourth-order valence-electron chi connectivity index (χ4n) is 1.04. The van der Waals surface area contributed by atoms with Crippen molar-refractivity contribution >= 4 is 5.97 Å². The van der Waals surface area contributed by atoms with Gasteiger partial charge >= 0.3 is 5.97 Å². The Kier molecular flexibility index (Phi) is 2.93. The third-order valence-electron chi connectivity index (χ3n) is 1.81. The monoisotopic (exact) mass is 199 g/mol. The summed E-state index contributed by atoms with van der Waals surface area (Å²) in [6.07, 6.45) is 0.114. The molecule has 0 fully saturated rings. The molecule has 0 saturated heterocycles. The number of nitrogens with two attached hydrogens (primary N) is 1. The maximum absolute atomic E-state index is 10.4. The van der Waals surface area contributed by atoms with Crippen LogP contribution < -0.4 is 5.73 Å². The highest BCUT2D eigenvalue weighted by Gasteiger charge is 2.12. The molecule has 0 aromatic heterocycles. The fourth-order valence-corrected chi connectivity index (χ4v) is 1.04. The smallest absolute Gasteiger partial charge is 0.320 e. The molecule has 0 aliphatic heterocycles. The Morgan fingerprint density at radius 1 is 1.36 bits per heavy atom. The van der Waals surface area contributed by atoms with Crippen LogP contribution in [0.3, 0.4) is 0 Å². The molecule has 0 radical (unpaired) electrons. The molecular formula is C9H11NO4. The van der Waals surface area contributed by atoms with E-state index in [0.717, 1.165) is 0 Å². The average molecular weight is 199 g/mol. The predicted octanol–water partition coefficient (Wildman–Crippen LogP) is 0.0522. The lowest BCUT2D eigenvalue weighted by Gasteiger charge is -2.06. The van der Waals surface area contributed by atoms with Gasteiger partial charge in [0, 0.05) is 0 Å². The Balaban J connectivity index is 2.78. The largest absolute Gasteiger partial charge is 0.504 e. The van der Waals surface area contributed by atoms with Crippen LogP contribution in [0.5, 0.6) is 11.5 Å². The molecule has 1 aromatic rings. The number of hydrogen-bond donors (Lipinski definition) is 4. The number of carbonyl (C=O) groups is 1. The summed E-state index contributed by atoms with van der Waals surface area (Å²) < 4.78 is 0. The maximum Gasteiger partial charge on any atom is 0.320 e. The van der Waals surface area contributed by atoms with Crippen LogP contribution >= 0.6 is 0 Å². The van der Waals surface area contributed by atoms with Crippen LogP contribution in [0.15, 0.2) is 18.2 Å². The van der Waals surface area contributed by atoms with Gasteiger partial charge in [-0.05, 0) is 24.1 Å². The number of benzene rings is 1. The summed E-state index contributed by atoms with van der Waals surface area (Å²) in [7, 11) is 0. The molecule has 0 amide bonds. The second-order valence-corrected chi connectivity index (χ2v) is 2.97. The van der Waals surface area contributed by atoms with Crippen molar-refractivity contribution in [2.75, 3.05) is 0 Å². The van der Waals surface area contributed by atoms with E-state index in [-0.39, 0.29) is 17.9 Å². The van der Waals surface area contributed by atoms with Crippen LogP contribution in [0.4, 0.5) is 0 Å². The van der Waals surface area contributed by atoms with E-state index in [1.807, 2.05) is 0 Å². The van der Waals surface area contributed by atoms with Gasteiger partial charge in [-0.1, -0.05) is 6.07 Å². The van der Waals surface area contributed by atoms with Gasteiger partial charge in [0.05, 0.1) is 0 Å². The van der Waals surface area contributed by atoms with Gasteiger partial charge in [0.2, 0.25) is 0 Å². The third kappa shape index (κ3) is 2.37. The Labute approximate surface area is 80.4 Å². The van der Waals surface area contributed by atoms with Crippen molar-refractivity contribution in [3.8, 4) is 11.5 Å². The molecule has 14 heavy (non-hydrogen) atoms. The topological polar surface area (TPSA) is 104 Å². The molecular weight excluding hydrogens is 188 g/mol. The lowest BCUT2D eigenvalue weighted by Crippen LogP contribution is -2.32. The van der Waals surface area contributed by atoms with Crippen LogP contribution in [0.25, 0.3) is 0 Å². The summed E-state index contributed by atoms with van der Waals surface area (Å²) in [5.41, 5.74) is 5.86. The highest BCUT2D eigenvalue weighted by atomic mass is 16.5. The minimum atomic E-state index is -1.10. The van der Waals surface area contributed by atoms with Crippen molar-refractivity contribution in [2.24, 2.45) is 5.73 Å². The van der Waals surface area contributed by atoms with Gasteiger partial charge in [-0.15, -0.1) is 0 Å². The Bertz CT molecular complexity index is 351. The van der Waals surface area contributed by atoms with Gasteiger partial charge in [-0.2, -0.15) is 0 Å². The molecule has 0 aliphatic carbocycles. The van der Waals surface area contributed by atoms with E-state index in [9.17, 15) is 4.79 Å². The van der Waals surface area contributed by atoms with Gasteiger partial charge in [0.25, 0.3) is 0 Å². The first-order chi connectivity index (χ1) is 6.50. The first-order valence-corrected chi connectivity index (χ1v) is 4.00. The molecule has 0 saturated carbocycles. The molecule has 1 rings (SSSR count). The summed E-state index contributed by atoms with van der Waals surface area (Å²) in [4.78, 5) is 10.4. The molecule has 5 heteroatoms. The zero-order chi connectivity index (χ0) is 10.7. The van der Waals surface area contributed by atoms with Gasteiger partial charge in [-0.25, -0.2) is 0 Å². The van der Waals surface area contributed by atoms with E-state index in [2.05, 4.69) is 0 Å². The summed E-state index contributed by atoms with van der Waals surface area (Å²) in [6, 6.07) is 3.09. The number of rotatable bonds is 3. The zero-order valence-electron chi connectivity index (χ0n) is 7.34. The first-order valence-electron chi connectivity index (χ1n) is 4.00. The normalized spacial score (nSPS) is 12.4. The second kappa shape index (κ2) is 3.97. The summed E-state index contributed by atoms with van der Waals surface area (Å²) in [5, 5.41) is 26.6. The standard InChI is InChI=1S/C9H11NO4/c10-6(9(13)14)3-5-1-2-7(11)8(12)4-5/h1-2,4,6,11-12H,3,10H2,(H,13,14)/t6-/m0/s1/i6+1,9+1. The van der Waals surface area contributed by atoms with E-state index >= 15 is 0 Å². The van der Waals surface area contributed by atoms with Crippen molar-refractivity contribution in [3.05, 3.63) is 23.8 Å². The van der Waals surface area contributed by atoms with Crippen LogP contribution in [-0.2, 0) is 11.2 Å². The summed E-state index contributed by atoms with van der Waals surface area (Å²) in [5.74, 6) is -1.62. The van der Waals surface area contributed by atoms with Crippen molar-refractivity contribution < 1.29 is 20.1 Å². The molecule has 5 nitrogen and oxygen atoms in total. The number of aliphatic carboxylic acids is 1. The summed E-state index contributed by atoms with van der Waals surface area (Å²) >= 11 is 0. The molecule has 76 valence electrons. The molecule has 0 spiro atoms. The van der Waals surface area contributed by atoms with E-state index in [1.165, 1.54) is 18.2 Å². The third-order valence-corrected chi connectivity index (χ3v) is 1.81. The lowest BCUT2D eigenvalue weighted by atomic mass is 10.2. The Morgan fingerprint density at radius 2 is 2.00 bits per heavy atom. The van der Waals surface area contributed by atoms with Crippen molar-refractivity contribution in [2.45, 2.75) is 12.5 Å². The number of phenols is 2. The fraction of sp³-hybridized carbons (Fsp3) is 0.222. The number of hydrogen-bond acceptors (Lipinski definition) is 4. The Hall–Kier alpha value is -1.75. The zero-order valence-corrected chi connectivity index (χ0v) is 7.34. The van der Waals surface area contributed by atoms with Crippen LogP contribution in [0, 0.1) is 0 Å². The summed E-state index contributed by atoms with van der Waals surface area (Å²) in [6.45, 7) is 0. The van der Waals surface area contributed by atoms with Crippen molar-refractivity contribution in [3.63, 3.8) is 0 Å². The number of carboxylic acid groups (broad SMARTS) is 1. The van der Waals surface area contributed by atoms with Crippen LogP contribution in [0.2, 0.25) is 0 Å². The van der Waals surface area contributed by atoms with Gasteiger partial charge in [0.1, 0.15) is 6.04 Å². The highest BCUT2D eigenvalue weighted by Crippen LogP contribution is 2.25. The highest BCUT2D eigenvalue weighted by molar-refractivity contribution is 5.73. The molecule has 1 aromatic carbocycles. The molecule has 0 aliphatic rings. The number of aromatic hydroxyl groups is 2. The van der Waals surface area contributed by atoms with E-state index < -0.39 is 12.0 Å². The van der Waals surface area contributed by atoms with E-state index in [1.54, 1.807) is 0 Å². The van der Waals surface area contributed by atoms with Gasteiger partial charge in [0.15, 0.2) is 11.5 Å². The lowest BCUT2D eigenvalue weighted by molar-refractivity contribution is -0.138. The molecule has 0 heterocycles. The van der Waals surface area contributed by atoms with Crippen LogP contribution in [-0.4, -0.2) is 27.3 Å². The molecule has 0 bridgehead atoms. The van der Waals surface area contributed by atoms with Gasteiger partial charge in [-0.3, -0.25) is 4.79 Å². The molecule has 1 atom stereocenters. The number of carboxylic acids is 1. The second-order valence-electron chi connectivity index (χ2n) is 2.97. The maximum atomic E-state index is 10.4. The predicted molar refractivity (Wildman–Crippen MR) is 49.1 cm³/mol. The van der Waals surface area contributed by atoms with E-state index in [4.69, 9.17) is 21.1 Å². The quantitative estimate of drug-likeness (QED) is 0.407. The minimum Gasteiger partial charge on any atom is -0.504 e.